The maximum Gasteiger partial charge on any atom is 0.322 e. The monoisotopic (exact) mass is 648 g/mol. The van der Waals surface area contributed by atoms with E-state index in [0.717, 1.165) is 47.9 Å². The SMILES string of the molecule is CCCCCCNC1C[C@@H](C(=O)O)N(S(=O)(=O)c2ccc(CNC(=O)c3ccc(Cl)cc3)s2)C1.NC(=O)c1ccccc1. The van der Waals surface area contributed by atoms with Crippen LogP contribution < -0.4 is 16.4 Å². The van der Waals surface area contributed by atoms with Crippen molar-refractivity contribution < 1.29 is 27.9 Å². The maximum absolute atomic E-state index is 13.3. The maximum atomic E-state index is 13.3. The van der Waals surface area contributed by atoms with Crippen molar-refractivity contribution in [3.8, 4) is 0 Å². The molecule has 2 amide bonds. The second-order valence-corrected chi connectivity index (χ2v) is 13.7. The lowest BCUT2D eigenvalue weighted by molar-refractivity contribution is -0.140. The third-order valence-corrected chi connectivity index (χ3v) is 10.5. The van der Waals surface area contributed by atoms with Crippen LogP contribution in [0, 0.1) is 0 Å². The minimum atomic E-state index is -3.98. The Labute approximate surface area is 261 Å². The lowest BCUT2D eigenvalue weighted by Gasteiger charge is -2.20. The van der Waals surface area contributed by atoms with E-state index in [4.69, 9.17) is 17.3 Å². The van der Waals surface area contributed by atoms with E-state index in [-0.39, 0.29) is 41.6 Å². The van der Waals surface area contributed by atoms with E-state index in [1.807, 2.05) is 6.07 Å². The van der Waals surface area contributed by atoms with E-state index < -0.39 is 22.0 Å². The van der Waals surface area contributed by atoms with Gasteiger partial charge in [0.05, 0.1) is 6.54 Å². The second-order valence-electron chi connectivity index (χ2n) is 10.0. The fourth-order valence-corrected chi connectivity index (χ4v) is 7.67. The van der Waals surface area contributed by atoms with Gasteiger partial charge in [-0.05, 0) is 67.9 Å². The number of hydrogen-bond acceptors (Lipinski definition) is 7. The molecule has 0 spiro atoms. The Kier molecular flexibility index (Phi) is 13.1. The number of benzene rings is 2. The van der Waals surface area contributed by atoms with Crippen molar-refractivity contribution in [3.63, 3.8) is 0 Å². The molecule has 0 bridgehead atoms. The molecule has 10 nitrogen and oxygen atoms in total. The number of thiophene rings is 1. The summed E-state index contributed by atoms with van der Waals surface area (Å²) in [5.74, 6) is -1.82. The number of unbranched alkanes of at least 4 members (excludes halogenated alkanes) is 3. The Bertz CT molecular complexity index is 1470. The number of hydrogen-bond donors (Lipinski definition) is 4. The van der Waals surface area contributed by atoms with Gasteiger partial charge in [0.15, 0.2) is 0 Å². The van der Waals surface area contributed by atoms with Crippen molar-refractivity contribution in [1.82, 2.24) is 14.9 Å². The third kappa shape index (κ3) is 10.1. The van der Waals surface area contributed by atoms with Crippen LogP contribution in [0.15, 0.2) is 70.9 Å². The fourth-order valence-electron chi connectivity index (χ4n) is 4.48. The Hall–Kier alpha value is -3.29. The molecule has 0 radical (unpaired) electrons. The summed E-state index contributed by atoms with van der Waals surface area (Å²) in [6.07, 6.45) is 4.57. The number of carbonyl (C=O) groups excluding carboxylic acids is 2. The first-order chi connectivity index (χ1) is 20.5. The molecule has 0 saturated carbocycles. The van der Waals surface area contributed by atoms with Crippen LogP contribution in [0.2, 0.25) is 5.02 Å². The molecule has 2 atom stereocenters. The number of nitrogens with two attached hydrogens (primary N) is 1. The molecule has 43 heavy (non-hydrogen) atoms. The number of aliphatic carboxylic acids is 1. The van der Waals surface area contributed by atoms with Crippen LogP contribution in [0.3, 0.4) is 0 Å². The number of nitrogens with zero attached hydrogens (tertiary/aromatic N) is 1. The van der Waals surface area contributed by atoms with E-state index in [2.05, 4.69) is 17.6 Å². The number of primary amides is 1. The number of carbonyl (C=O) groups is 3. The predicted octanol–water partition coefficient (Wildman–Crippen LogP) is 4.50. The Morgan fingerprint density at radius 2 is 1.70 bits per heavy atom. The first-order valence-corrected chi connectivity index (χ1v) is 16.6. The van der Waals surface area contributed by atoms with Gasteiger partial charge in [0, 0.05) is 33.6 Å². The molecule has 232 valence electrons. The van der Waals surface area contributed by atoms with Gasteiger partial charge in [-0.1, -0.05) is 56.0 Å². The first-order valence-electron chi connectivity index (χ1n) is 14.0. The number of carboxylic acids is 1. The minimum Gasteiger partial charge on any atom is -0.480 e. The minimum absolute atomic E-state index is 0.0677. The standard InChI is InChI=1S/C23H30ClN3O5S2.C7H7NO/c1-2-3-4-5-12-25-18-13-20(23(29)30)27(15-18)34(31,32)21-11-10-19(33-21)14-26-22(28)16-6-8-17(24)9-7-16;8-7(9)6-4-2-1-3-5-6/h6-11,18,20,25H,2-5,12-15H2,1H3,(H,26,28)(H,29,30);1-5H,(H2,8,9)/t18?,20-;/m0./s1. The number of halogens is 1. The molecule has 1 saturated heterocycles. The molecule has 1 fully saturated rings. The average molecular weight is 649 g/mol. The van der Waals surface area contributed by atoms with Crippen molar-refractivity contribution in [1.29, 1.82) is 0 Å². The second kappa shape index (κ2) is 16.5. The fraction of sp³-hybridized carbons (Fsp3) is 0.367. The smallest absolute Gasteiger partial charge is 0.322 e. The summed E-state index contributed by atoms with van der Waals surface area (Å²) in [5.41, 5.74) is 5.98. The quantitative estimate of drug-likeness (QED) is 0.199. The number of sulfonamides is 1. The number of carboxylic acid groups (broad SMARTS) is 1. The van der Waals surface area contributed by atoms with Gasteiger partial charge >= 0.3 is 5.97 Å². The average Bonchev–Trinajstić information content (AvgIpc) is 3.66. The highest BCUT2D eigenvalue weighted by atomic mass is 35.5. The van der Waals surface area contributed by atoms with Crippen molar-refractivity contribution in [2.24, 2.45) is 5.73 Å². The highest BCUT2D eigenvalue weighted by Gasteiger charge is 2.44. The first kappa shape index (κ1) is 34.2. The predicted molar refractivity (Wildman–Crippen MR) is 168 cm³/mol. The van der Waals surface area contributed by atoms with E-state index in [0.29, 0.717) is 21.0 Å². The van der Waals surface area contributed by atoms with E-state index >= 15 is 0 Å². The highest BCUT2D eigenvalue weighted by molar-refractivity contribution is 7.91. The van der Waals surface area contributed by atoms with Gasteiger partial charge in [0.2, 0.25) is 5.91 Å². The molecule has 3 aromatic rings. The molecular formula is C30H37ClN4O6S2. The molecule has 13 heteroatoms. The van der Waals surface area contributed by atoms with Crippen LogP contribution in [0.5, 0.6) is 0 Å². The third-order valence-electron chi connectivity index (χ3n) is 6.79. The summed E-state index contributed by atoms with van der Waals surface area (Å²) in [6.45, 7) is 3.15. The lowest BCUT2D eigenvalue weighted by atomic mass is 10.1. The van der Waals surface area contributed by atoms with Crippen LogP contribution >= 0.6 is 22.9 Å². The van der Waals surface area contributed by atoms with Crippen LogP contribution in [0.1, 0.15) is 64.6 Å². The molecule has 2 aromatic carbocycles. The Balaban J connectivity index is 0.000000480. The zero-order valence-electron chi connectivity index (χ0n) is 23.9. The van der Waals surface area contributed by atoms with Gasteiger partial charge < -0.3 is 21.5 Å². The van der Waals surface area contributed by atoms with Crippen LogP contribution in [-0.2, 0) is 21.4 Å². The van der Waals surface area contributed by atoms with Crippen LogP contribution in [-0.4, -0.2) is 60.8 Å². The van der Waals surface area contributed by atoms with Crippen LogP contribution in [0.4, 0.5) is 0 Å². The molecular weight excluding hydrogens is 612 g/mol. The van der Waals surface area contributed by atoms with Gasteiger partial charge in [-0.25, -0.2) is 8.42 Å². The van der Waals surface area contributed by atoms with Crippen LogP contribution in [0.25, 0.3) is 0 Å². The van der Waals surface area contributed by atoms with Gasteiger partial charge in [-0.15, -0.1) is 11.3 Å². The largest absolute Gasteiger partial charge is 0.480 e. The van der Waals surface area contributed by atoms with E-state index in [1.165, 1.54) is 6.07 Å². The molecule has 4 rings (SSSR count). The van der Waals surface area contributed by atoms with E-state index in [9.17, 15) is 27.9 Å². The summed E-state index contributed by atoms with van der Waals surface area (Å²) in [4.78, 5) is 35.2. The molecule has 1 aromatic heterocycles. The van der Waals surface area contributed by atoms with Crippen molar-refractivity contribution in [2.45, 2.75) is 61.9 Å². The number of amides is 2. The topological polar surface area (TPSA) is 159 Å². The van der Waals surface area contributed by atoms with Crippen molar-refractivity contribution in [3.05, 3.63) is 87.8 Å². The molecule has 1 aliphatic heterocycles. The summed E-state index contributed by atoms with van der Waals surface area (Å²) in [5, 5.41) is 16.2. The summed E-state index contributed by atoms with van der Waals surface area (Å²) in [6, 6.07) is 17.0. The summed E-state index contributed by atoms with van der Waals surface area (Å²) >= 11 is 6.87. The molecule has 2 heterocycles. The van der Waals surface area contributed by atoms with Crippen molar-refractivity contribution in [2.75, 3.05) is 13.1 Å². The number of nitrogens with one attached hydrogen (secondary N) is 2. The van der Waals surface area contributed by atoms with Gasteiger partial charge in [0.1, 0.15) is 10.3 Å². The summed E-state index contributed by atoms with van der Waals surface area (Å²) in [7, 11) is -3.98. The molecule has 1 unspecified atom stereocenters. The zero-order chi connectivity index (χ0) is 31.4. The molecule has 5 N–H and O–H groups in total. The van der Waals surface area contributed by atoms with Gasteiger partial charge in [-0.3, -0.25) is 14.4 Å². The highest BCUT2D eigenvalue weighted by Crippen LogP contribution is 2.31. The summed E-state index contributed by atoms with van der Waals surface area (Å²) < 4.78 is 27.7. The lowest BCUT2D eigenvalue weighted by Crippen LogP contribution is -2.40. The number of rotatable bonds is 13. The molecule has 0 aliphatic carbocycles. The van der Waals surface area contributed by atoms with Gasteiger partial charge in [-0.2, -0.15) is 4.31 Å². The van der Waals surface area contributed by atoms with Crippen molar-refractivity contribution >= 4 is 50.7 Å². The zero-order valence-corrected chi connectivity index (χ0v) is 26.3. The Morgan fingerprint density at radius 1 is 1.00 bits per heavy atom. The van der Waals surface area contributed by atoms with Gasteiger partial charge in [0.25, 0.3) is 15.9 Å². The molecule has 1 aliphatic rings. The van der Waals surface area contributed by atoms with E-state index in [1.54, 1.807) is 54.6 Å². The Morgan fingerprint density at radius 3 is 2.30 bits per heavy atom. The normalized spacial score (nSPS) is 16.7.